The summed E-state index contributed by atoms with van der Waals surface area (Å²) < 4.78 is 75.7. The fourth-order valence-electron chi connectivity index (χ4n) is 6.67. The Balaban J connectivity index is 0.000000164. The smallest absolute Gasteiger partial charge is 0.478 e. The van der Waals surface area contributed by atoms with Gasteiger partial charge in [-0.25, -0.2) is 28.6 Å². The van der Waals surface area contributed by atoms with E-state index in [0.717, 1.165) is 10.2 Å². The standard InChI is InChI=1S/C16H15N2O6P.C16H15N2O5PS.C15H14N3O6P/c1-2-22-15(17)10-7-8-11(14(9-10)24-25(19,20)21)16-18-12-5-3-4-6-13(12)23-16;1-2-22-15(17)10-7-8-11(13(9-10)23-24(19,20)21)16-18-12-5-3-4-6-14(12)25-16;1-2-22-13(16)9-5-6-10(12(8-9)24-25(19,20)21)15-18-14-11(23-15)4-3-7-17-14/h2*3-9,17H,2H2,1H3,(H2,19,20,21);3-8,16H,2H2,1H3,(H2,19,20,21). The molecule has 0 aliphatic rings. The van der Waals surface area contributed by atoms with Crippen LogP contribution >= 0.6 is 34.8 Å². The molecule has 0 bridgehead atoms. The number of phosphoric ester groups is 3. The average molecular weight is 1100 g/mol. The first kappa shape index (κ1) is 55.1. The highest BCUT2D eigenvalue weighted by Gasteiger charge is 2.26. The molecule has 9 aromatic rings. The lowest BCUT2D eigenvalue weighted by Gasteiger charge is -2.13. The zero-order valence-corrected chi connectivity index (χ0v) is 42.9. The summed E-state index contributed by atoms with van der Waals surface area (Å²) in [4.78, 5) is 72.1. The van der Waals surface area contributed by atoms with Crippen molar-refractivity contribution in [3.63, 3.8) is 0 Å². The predicted octanol–water partition coefficient (Wildman–Crippen LogP) is 9.85. The summed E-state index contributed by atoms with van der Waals surface area (Å²) in [5, 5.41) is 24.0. The summed E-state index contributed by atoms with van der Waals surface area (Å²) in [5.74, 6) is -0.524. The average Bonchev–Trinajstić information content (AvgIpc) is 4.11. The molecule has 0 saturated carbocycles. The lowest BCUT2D eigenvalue weighted by molar-refractivity contribution is 0.281. The second-order valence-electron chi connectivity index (χ2n) is 15.0. The number of fused-ring (bicyclic) bond motifs is 3. The molecule has 75 heavy (non-hydrogen) atoms. The van der Waals surface area contributed by atoms with Crippen molar-refractivity contribution in [2.45, 2.75) is 20.8 Å². The van der Waals surface area contributed by atoms with Gasteiger partial charge in [0.1, 0.15) is 27.8 Å². The largest absolute Gasteiger partial charge is 0.524 e. The van der Waals surface area contributed by atoms with Crippen LogP contribution in [0.5, 0.6) is 17.2 Å². The molecule has 0 unspecified atom stereocenters. The van der Waals surface area contributed by atoms with Gasteiger partial charge >= 0.3 is 23.5 Å². The topological polar surface area (TPSA) is 377 Å². The zero-order valence-electron chi connectivity index (χ0n) is 39.4. The third-order valence-electron chi connectivity index (χ3n) is 9.69. The van der Waals surface area contributed by atoms with Crippen LogP contribution in [0, 0.1) is 16.2 Å². The Morgan fingerprint density at radius 2 is 0.947 bits per heavy atom. The van der Waals surface area contributed by atoms with Crippen molar-refractivity contribution in [2.24, 2.45) is 0 Å². The van der Waals surface area contributed by atoms with Gasteiger partial charge in [0.2, 0.25) is 29.5 Å². The van der Waals surface area contributed by atoms with Crippen molar-refractivity contribution in [1.29, 1.82) is 16.2 Å². The first-order valence-corrected chi connectivity index (χ1v) is 27.3. The predicted molar refractivity (Wildman–Crippen MR) is 275 cm³/mol. The number of thiazole rings is 1. The summed E-state index contributed by atoms with van der Waals surface area (Å²) in [5.41, 5.74) is 4.58. The number of phosphoric acid groups is 3. The molecule has 9 rings (SSSR count). The van der Waals surface area contributed by atoms with Crippen molar-refractivity contribution >= 4 is 85.0 Å². The van der Waals surface area contributed by atoms with E-state index in [1.54, 1.807) is 87.6 Å². The number of ether oxygens (including phenoxy) is 3. The first-order chi connectivity index (χ1) is 35.6. The Kier molecular flexibility index (Phi) is 17.4. The Labute approximate surface area is 428 Å². The summed E-state index contributed by atoms with van der Waals surface area (Å²) >= 11 is 1.39. The summed E-state index contributed by atoms with van der Waals surface area (Å²) in [6, 6.07) is 31.3. The molecule has 5 aromatic carbocycles. The molecule has 0 fully saturated rings. The van der Waals surface area contributed by atoms with Crippen LogP contribution in [0.4, 0.5) is 0 Å². The number of hydrogen-bond acceptors (Lipinski definition) is 19. The van der Waals surface area contributed by atoms with E-state index in [-0.39, 0.29) is 64.5 Å². The molecular formula is C47H44N7O17P3S. The van der Waals surface area contributed by atoms with Crippen LogP contribution < -0.4 is 13.6 Å². The van der Waals surface area contributed by atoms with Gasteiger partial charge in [-0.15, -0.1) is 11.3 Å². The van der Waals surface area contributed by atoms with Gasteiger partial charge < -0.3 is 36.6 Å². The molecule has 0 aliphatic carbocycles. The monoisotopic (exact) mass is 1100 g/mol. The van der Waals surface area contributed by atoms with E-state index in [0.29, 0.717) is 62.8 Å². The highest BCUT2D eigenvalue weighted by atomic mass is 32.1. The summed E-state index contributed by atoms with van der Waals surface area (Å²) in [7, 11) is -14.4. The number of hydrogen-bond donors (Lipinski definition) is 9. The Morgan fingerprint density at radius 1 is 0.520 bits per heavy atom. The van der Waals surface area contributed by atoms with Gasteiger partial charge in [0.05, 0.1) is 46.7 Å². The molecule has 24 nitrogen and oxygen atoms in total. The number of benzene rings is 5. The van der Waals surface area contributed by atoms with Gasteiger partial charge in [-0.05, 0) is 112 Å². The van der Waals surface area contributed by atoms with E-state index in [4.69, 9.17) is 72.4 Å². The van der Waals surface area contributed by atoms with Gasteiger partial charge in [-0.2, -0.15) is 4.98 Å². The maximum Gasteiger partial charge on any atom is 0.524 e. The van der Waals surface area contributed by atoms with Gasteiger partial charge in [-0.3, -0.25) is 45.6 Å². The number of oxazole rings is 2. The van der Waals surface area contributed by atoms with Crippen LogP contribution in [0.15, 0.2) is 130 Å². The van der Waals surface area contributed by atoms with E-state index in [1.165, 1.54) is 41.7 Å². The maximum absolute atomic E-state index is 11.3. The van der Waals surface area contributed by atoms with Crippen molar-refractivity contribution in [2.75, 3.05) is 19.8 Å². The fourth-order valence-corrected chi connectivity index (χ4v) is 8.89. The number of para-hydroxylation sites is 3. The maximum atomic E-state index is 11.3. The lowest BCUT2D eigenvalue weighted by Crippen LogP contribution is -2.05. The number of pyridine rings is 1. The van der Waals surface area contributed by atoms with E-state index < -0.39 is 23.5 Å². The van der Waals surface area contributed by atoms with E-state index >= 15 is 0 Å². The minimum Gasteiger partial charge on any atom is -0.478 e. The second-order valence-corrected chi connectivity index (χ2v) is 19.5. The lowest BCUT2D eigenvalue weighted by atomic mass is 10.1. The quantitative estimate of drug-likeness (QED) is 0.0262. The first-order valence-electron chi connectivity index (χ1n) is 21.9. The minimum atomic E-state index is -4.83. The van der Waals surface area contributed by atoms with Crippen molar-refractivity contribution in [3.05, 3.63) is 138 Å². The molecule has 0 atom stereocenters. The van der Waals surface area contributed by atoms with Gasteiger partial charge in [0.25, 0.3) is 0 Å². The zero-order chi connectivity index (χ0) is 54.1. The molecule has 0 saturated heterocycles. The molecule has 9 N–H and O–H groups in total. The van der Waals surface area contributed by atoms with Crippen LogP contribution in [0.2, 0.25) is 0 Å². The van der Waals surface area contributed by atoms with Crippen LogP contribution in [0.1, 0.15) is 37.5 Å². The molecule has 4 aromatic heterocycles. The molecule has 4 heterocycles. The molecule has 0 aliphatic heterocycles. The molecule has 0 radical (unpaired) electrons. The number of nitrogens with zero attached hydrogens (tertiary/aromatic N) is 4. The van der Waals surface area contributed by atoms with Crippen molar-refractivity contribution in [3.8, 4) is 50.7 Å². The van der Waals surface area contributed by atoms with Crippen LogP contribution in [0.25, 0.3) is 66.0 Å². The highest BCUT2D eigenvalue weighted by molar-refractivity contribution is 7.47. The van der Waals surface area contributed by atoms with Gasteiger partial charge in [0, 0.05) is 22.9 Å². The summed E-state index contributed by atoms with van der Waals surface area (Å²) in [6.07, 6.45) is 1.55. The molecule has 0 amide bonds. The SMILES string of the molecule is CCOC(=N)c1ccc(-c2nc3ccccc3o2)c(OP(=O)(O)O)c1.CCOC(=N)c1ccc(-c2nc3ccccc3s2)c(OP(=O)(O)O)c1.CCOC(=N)c1ccc(-c2nc3ncccc3o2)c(OP(=O)(O)O)c1. The highest BCUT2D eigenvalue weighted by Crippen LogP contribution is 2.46. The molecule has 390 valence electrons. The van der Waals surface area contributed by atoms with E-state index in [2.05, 4.69) is 19.9 Å². The molecular weight excluding hydrogens is 1060 g/mol. The Bertz CT molecular complexity index is 3220. The van der Waals surface area contributed by atoms with E-state index in [1.807, 2.05) is 24.3 Å². The molecule has 0 spiro atoms. The minimum absolute atomic E-state index is 0.0469. The van der Waals surface area contributed by atoms with Crippen molar-refractivity contribution in [1.82, 2.24) is 19.9 Å². The second kappa shape index (κ2) is 23.7. The molecule has 28 heteroatoms. The van der Waals surface area contributed by atoms with Crippen molar-refractivity contribution < 1.29 is 79.7 Å². The van der Waals surface area contributed by atoms with Gasteiger partial charge in [0.15, 0.2) is 16.8 Å². The van der Waals surface area contributed by atoms with Gasteiger partial charge in [-0.1, -0.05) is 24.3 Å². The van der Waals surface area contributed by atoms with Crippen LogP contribution in [0.3, 0.4) is 0 Å². The Hall–Kier alpha value is -7.66. The number of nitrogens with one attached hydrogen (secondary N) is 3. The van der Waals surface area contributed by atoms with Crippen LogP contribution in [-0.4, -0.2) is 86.8 Å². The summed E-state index contributed by atoms with van der Waals surface area (Å²) in [6.45, 7) is 6.09. The number of aromatic nitrogens is 4. The fraction of sp³-hybridized carbons (Fsp3) is 0.128. The Morgan fingerprint density at radius 3 is 1.41 bits per heavy atom. The van der Waals surface area contributed by atoms with Crippen LogP contribution in [-0.2, 0) is 27.9 Å². The van der Waals surface area contributed by atoms with E-state index in [9.17, 15) is 23.5 Å². The normalized spacial score (nSPS) is 11.5. The third kappa shape index (κ3) is 14.8. The third-order valence-corrected chi connectivity index (χ3v) is 12.1. The number of rotatable bonds is 15.